The first kappa shape index (κ1) is 21.6. The van der Waals surface area contributed by atoms with Gasteiger partial charge in [0.05, 0.1) is 6.04 Å². The quantitative estimate of drug-likeness (QED) is 0.702. The van der Waals surface area contributed by atoms with Gasteiger partial charge in [-0.2, -0.15) is 0 Å². The van der Waals surface area contributed by atoms with Gasteiger partial charge < -0.3 is 20.4 Å². The highest BCUT2D eigenvalue weighted by atomic mass is 16.2. The molecule has 1 aromatic carbocycles. The zero-order valence-corrected chi connectivity index (χ0v) is 17.0. The van der Waals surface area contributed by atoms with Crippen LogP contribution in [0.4, 0.5) is 0 Å². The van der Waals surface area contributed by atoms with Gasteiger partial charge in [0.25, 0.3) is 0 Å². The third kappa shape index (κ3) is 5.66. The van der Waals surface area contributed by atoms with E-state index in [2.05, 4.69) is 10.6 Å². The molecule has 0 spiro atoms. The molecule has 0 aliphatic carbocycles. The highest BCUT2D eigenvalue weighted by Gasteiger charge is 2.32. The molecule has 1 aromatic rings. The van der Waals surface area contributed by atoms with E-state index >= 15 is 0 Å². The van der Waals surface area contributed by atoms with Crippen LogP contribution >= 0.6 is 0 Å². The number of likely N-dealkylation sites (N-methyl/N-ethyl adjacent to an activating group) is 1. The van der Waals surface area contributed by atoms with Crippen LogP contribution < -0.4 is 10.6 Å². The van der Waals surface area contributed by atoms with E-state index in [1.807, 2.05) is 44.2 Å². The number of amides is 3. The Morgan fingerprint density at radius 2 is 1.79 bits per heavy atom. The number of hydrogen-bond donors (Lipinski definition) is 2. The van der Waals surface area contributed by atoms with Crippen molar-refractivity contribution < 1.29 is 14.4 Å². The molecule has 0 radical (unpaired) electrons. The van der Waals surface area contributed by atoms with E-state index in [1.54, 1.807) is 31.3 Å². The minimum absolute atomic E-state index is 0.0230. The standard InChI is InChI=1S/C21H30N4O3/c1-15(2)19(23-20(27)16(3)22-4)21(28)25-13-12-24(18(26)14-25)11-10-17-8-6-5-7-9-17/h5-9,12-13,15-16,19,22H,10-11,14H2,1-4H3,(H,23,27)/t16-,19-/m0/s1. The molecule has 2 N–H and O–H groups in total. The fourth-order valence-corrected chi connectivity index (χ4v) is 2.88. The highest BCUT2D eigenvalue weighted by Crippen LogP contribution is 2.12. The molecule has 0 aromatic heterocycles. The van der Waals surface area contributed by atoms with Gasteiger partial charge in [0, 0.05) is 18.9 Å². The molecule has 0 unspecified atom stereocenters. The monoisotopic (exact) mass is 386 g/mol. The summed E-state index contributed by atoms with van der Waals surface area (Å²) >= 11 is 0. The first-order chi connectivity index (χ1) is 13.3. The van der Waals surface area contributed by atoms with Gasteiger partial charge in [-0.15, -0.1) is 0 Å². The van der Waals surface area contributed by atoms with Gasteiger partial charge in [0.15, 0.2) is 0 Å². The van der Waals surface area contributed by atoms with Crippen molar-refractivity contribution in [3.63, 3.8) is 0 Å². The summed E-state index contributed by atoms with van der Waals surface area (Å²) in [5.74, 6) is -0.755. The Labute approximate surface area is 166 Å². The molecular formula is C21H30N4O3. The lowest BCUT2D eigenvalue weighted by Crippen LogP contribution is -2.55. The topological polar surface area (TPSA) is 81.8 Å². The van der Waals surface area contributed by atoms with Crippen molar-refractivity contribution in [2.75, 3.05) is 20.1 Å². The number of carbonyl (C=O) groups is 3. The third-order valence-corrected chi connectivity index (χ3v) is 4.88. The number of hydrogen-bond acceptors (Lipinski definition) is 4. The predicted molar refractivity (Wildman–Crippen MR) is 108 cm³/mol. The highest BCUT2D eigenvalue weighted by molar-refractivity contribution is 5.93. The van der Waals surface area contributed by atoms with E-state index < -0.39 is 12.1 Å². The molecule has 2 atom stereocenters. The minimum Gasteiger partial charge on any atom is -0.343 e. The maximum absolute atomic E-state index is 12.9. The van der Waals surface area contributed by atoms with Crippen LogP contribution in [0.15, 0.2) is 42.7 Å². The van der Waals surface area contributed by atoms with E-state index in [1.165, 1.54) is 4.90 Å². The third-order valence-electron chi connectivity index (χ3n) is 4.88. The SMILES string of the molecule is CN[C@@H](C)C(=O)N[C@H](C(=O)N1C=CN(CCc2ccccc2)C(=O)C1)C(C)C. The predicted octanol–water partition coefficient (Wildman–Crippen LogP) is 1.12. The summed E-state index contributed by atoms with van der Waals surface area (Å²) < 4.78 is 0. The first-order valence-corrected chi connectivity index (χ1v) is 9.63. The maximum atomic E-state index is 12.9. The zero-order chi connectivity index (χ0) is 20.7. The first-order valence-electron chi connectivity index (χ1n) is 9.63. The van der Waals surface area contributed by atoms with Crippen molar-refractivity contribution in [1.82, 2.24) is 20.4 Å². The Morgan fingerprint density at radius 3 is 2.36 bits per heavy atom. The Hall–Kier alpha value is -2.67. The van der Waals surface area contributed by atoms with E-state index in [0.717, 1.165) is 12.0 Å². The summed E-state index contributed by atoms with van der Waals surface area (Å²) in [4.78, 5) is 40.6. The zero-order valence-electron chi connectivity index (χ0n) is 17.0. The van der Waals surface area contributed by atoms with Crippen molar-refractivity contribution >= 4 is 17.7 Å². The molecule has 152 valence electrons. The van der Waals surface area contributed by atoms with Crippen LogP contribution in [0.5, 0.6) is 0 Å². The fraction of sp³-hybridized carbons (Fsp3) is 0.476. The summed E-state index contributed by atoms with van der Waals surface area (Å²) in [6, 6.07) is 8.86. The Kier molecular flexibility index (Phi) is 7.75. The summed E-state index contributed by atoms with van der Waals surface area (Å²) in [6.07, 6.45) is 4.01. The van der Waals surface area contributed by atoms with Gasteiger partial charge in [0.2, 0.25) is 17.7 Å². The molecule has 0 fully saturated rings. The molecule has 2 rings (SSSR count). The number of nitrogens with one attached hydrogen (secondary N) is 2. The number of rotatable bonds is 8. The smallest absolute Gasteiger partial charge is 0.249 e. The van der Waals surface area contributed by atoms with Crippen LogP contribution in [-0.2, 0) is 20.8 Å². The van der Waals surface area contributed by atoms with Crippen LogP contribution in [0, 0.1) is 5.92 Å². The molecule has 28 heavy (non-hydrogen) atoms. The van der Waals surface area contributed by atoms with E-state index in [-0.39, 0.29) is 30.2 Å². The average molecular weight is 386 g/mol. The molecular weight excluding hydrogens is 356 g/mol. The van der Waals surface area contributed by atoms with Crippen LogP contribution in [0.2, 0.25) is 0 Å². The van der Waals surface area contributed by atoms with Crippen LogP contribution in [-0.4, -0.2) is 59.7 Å². The van der Waals surface area contributed by atoms with Gasteiger partial charge >= 0.3 is 0 Å². The molecule has 7 nitrogen and oxygen atoms in total. The van der Waals surface area contributed by atoms with Gasteiger partial charge in [-0.25, -0.2) is 0 Å². The molecule has 7 heteroatoms. The van der Waals surface area contributed by atoms with Crippen molar-refractivity contribution in [1.29, 1.82) is 0 Å². The number of nitrogens with zero attached hydrogens (tertiary/aromatic N) is 2. The Morgan fingerprint density at radius 1 is 1.11 bits per heavy atom. The molecule has 0 bridgehead atoms. The largest absolute Gasteiger partial charge is 0.343 e. The maximum Gasteiger partial charge on any atom is 0.249 e. The lowest BCUT2D eigenvalue weighted by Gasteiger charge is -2.32. The fourth-order valence-electron chi connectivity index (χ4n) is 2.88. The van der Waals surface area contributed by atoms with Crippen molar-refractivity contribution in [2.24, 2.45) is 5.92 Å². The molecule has 1 aliphatic heterocycles. The minimum atomic E-state index is -0.684. The number of carbonyl (C=O) groups excluding carboxylic acids is 3. The van der Waals surface area contributed by atoms with E-state index in [0.29, 0.717) is 6.54 Å². The van der Waals surface area contributed by atoms with Gasteiger partial charge in [-0.1, -0.05) is 44.2 Å². The molecule has 3 amide bonds. The lowest BCUT2D eigenvalue weighted by molar-refractivity contribution is -0.141. The molecule has 1 aliphatic rings. The van der Waals surface area contributed by atoms with Crippen molar-refractivity contribution in [3.8, 4) is 0 Å². The second-order valence-corrected chi connectivity index (χ2v) is 7.33. The molecule has 1 heterocycles. The second kappa shape index (κ2) is 10.0. The summed E-state index contributed by atoms with van der Waals surface area (Å²) in [5.41, 5.74) is 1.16. The Balaban J connectivity index is 1.99. The summed E-state index contributed by atoms with van der Waals surface area (Å²) in [5, 5.41) is 5.64. The Bertz CT molecular complexity index is 718. The molecule has 0 saturated heterocycles. The average Bonchev–Trinajstić information content (AvgIpc) is 2.70. The normalized spacial score (nSPS) is 16.2. The van der Waals surface area contributed by atoms with Crippen LogP contribution in [0.25, 0.3) is 0 Å². The van der Waals surface area contributed by atoms with E-state index in [4.69, 9.17) is 0 Å². The van der Waals surface area contributed by atoms with E-state index in [9.17, 15) is 14.4 Å². The van der Waals surface area contributed by atoms with Gasteiger partial charge in [0.1, 0.15) is 12.6 Å². The lowest BCUT2D eigenvalue weighted by atomic mass is 10.0. The summed E-state index contributed by atoms with van der Waals surface area (Å²) in [6.45, 7) is 6.01. The van der Waals surface area contributed by atoms with Crippen molar-refractivity contribution in [3.05, 3.63) is 48.3 Å². The van der Waals surface area contributed by atoms with Gasteiger partial charge in [-0.3, -0.25) is 14.4 Å². The van der Waals surface area contributed by atoms with Crippen molar-refractivity contribution in [2.45, 2.75) is 39.3 Å². The van der Waals surface area contributed by atoms with Crippen LogP contribution in [0.1, 0.15) is 26.3 Å². The molecule has 0 saturated carbocycles. The van der Waals surface area contributed by atoms with Gasteiger partial charge in [-0.05, 0) is 31.9 Å². The summed E-state index contributed by atoms with van der Waals surface area (Å²) in [7, 11) is 1.69. The van der Waals surface area contributed by atoms with Crippen LogP contribution in [0.3, 0.4) is 0 Å². The second-order valence-electron chi connectivity index (χ2n) is 7.33. The number of benzene rings is 1.